The average Bonchev–Trinajstić information content (AvgIpc) is 2.30. The van der Waals surface area contributed by atoms with Crippen molar-refractivity contribution in [3.8, 4) is 5.75 Å². The highest BCUT2D eigenvalue weighted by atomic mass is 32.2. The van der Waals surface area contributed by atoms with Crippen molar-refractivity contribution in [2.45, 2.75) is 19.4 Å². The lowest BCUT2D eigenvalue weighted by Crippen LogP contribution is -2.47. The van der Waals surface area contributed by atoms with Crippen LogP contribution in [-0.2, 0) is 10.0 Å². The standard InChI is InChI=1S/C12H20N2O4S/c1-12(2,9-15)14-19(16,17)8-7-18-11-5-3-10(13)4-6-11/h3-6,14-15H,7-9,13H2,1-2H3. The quantitative estimate of drug-likeness (QED) is 0.628. The average molecular weight is 288 g/mol. The van der Waals surface area contributed by atoms with Crippen molar-refractivity contribution in [2.24, 2.45) is 0 Å². The molecule has 0 saturated heterocycles. The monoisotopic (exact) mass is 288 g/mol. The molecule has 1 aromatic carbocycles. The van der Waals surface area contributed by atoms with E-state index in [2.05, 4.69) is 4.72 Å². The molecule has 19 heavy (non-hydrogen) atoms. The van der Waals surface area contributed by atoms with Gasteiger partial charge in [0.1, 0.15) is 12.4 Å². The molecule has 0 aromatic heterocycles. The zero-order valence-corrected chi connectivity index (χ0v) is 11.9. The van der Waals surface area contributed by atoms with E-state index in [1.54, 1.807) is 38.1 Å². The molecule has 0 aliphatic rings. The lowest BCUT2D eigenvalue weighted by Gasteiger charge is -2.23. The molecule has 0 spiro atoms. The number of nitrogens with two attached hydrogens (primary N) is 1. The molecule has 0 fully saturated rings. The van der Waals surface area contributed by atoms with Gasteiger partial charge in [0.15, 0.2) is 0 Å². The topological polar surface area (TPSA) is 102 Å². The van der Waals surface area contributed by atoms with Gasteiger partial charge in [0.05, 0.1) is 17.9 Å². The van der Waals surface area contributed by atoms with E-state index >= 15 is 0 Å². The number of rotatable bonds is 7. The summed E-state index contributed by atoms with van der Waals surface area (Å²) in [5.74, 6) is 0.381. The maximum atomic E-state index is 11.7. The van der Waals surface area contributed by atoms with Crippen molar-refractivity contribution in [1.29, 1.82) is 0 Å². The molecule has 4 N–H and O–H groups in total. The summed E-state index contributed by atoms with van der Waals surface area (Å²) in [5, 5.41) is 9.02. The van der Waals surface area contributed by atoms with Crippen molar-refractivity contribution in [3.63, 3.8) is 0 Å². The Labute approximate surface area is 113 Å². The Bertz CT molecular complexity index is 497. The van der Waals surface area contributed by atoms with E-state index in [0.29, 0.717) is 11.4 Å². The van der Waals surface area contributed by atoms with Crippen LogP contribution >= 0.6 is 0 Å². The van der Waals surface area contributed by atoms with E-state index in [1.807, 2.05) is 0 Å². The zero-order valence-electron chi connectivity index (χ0n) is 11.1. The van der Waals surface area contributed by atoms with Crippen LogP contribution in [0.5, 0.6) is 5.75 Å². The first-order valence-electron chi connectivity index (χ1n) is 5.85. The van der Waals surface area contributed by atoms with Crippen LogP contribution in [0.1, 0.15) is 13.8 Å². The Hall–Kier alpha value is -1.31. The Morgan fingerprint density at radius 1 is 1.32 bits per heavy atom. The van der Waals surface area contributed by atoms with Crippen molar-refractivity contribution in [1.82, 2.24) is 4.72 Å². The van der Waals surface area contributed by atoms with Crippen molar-refractivity contribution in [3.05, 3.63) is 24.3 Å². The van der Waals surface area contributed by atoms with Gasteiger partial charge >= 0.3 is 0 Å². The number of sulfonamides is 1. The minimum absolute atomic E-state index is 0.0285. The van der Waals surface area contributed by atoms with Crippen LogP contribution in [0.15, 0.2) is 24.3 Å². The number of nitrogen functional groups attached to an aromatic ring is 1. The number of hydrogen-bond acceptors (Lipinski definition) is 5. The Morgan fingerprint density at radius 3 is 2.42 bits per heavy atom. The lowest BCUT2D eigenvalue weighted by atomic mass is 10.1. The van der Waals surface area contributed by atoms with Crippen LogP contribution in [0.25, 0.3) is 0 Å². The van der Waals surface area contributed by atoms with Crippen LogP contribution in [-0.4, -0.2) is 38.0 Å². The number of aliphatic hydroxyl groups excluding tert-OH is 1. The van der Waals surface area contributed by atoms with E-state index in [9.17, 15) is 8.42 Å². The Kier molecular flexibility index (Phi) is 5.16. The third-order valence-electron chi connectivity index (χ3n) is 2.33. The Balaban J connectivity index is 2.46. The predicted molar refractivity (Wildman–Crippen MR) is 74.4 cm³/mol. The second-order valence-corrected chi connectivity index (χ2v) is 6.72. The van der Waals surface area contributed by atoms with Gasteiger partial charge in [-0.15, -0.1) is 0 Å². The number of nitrogens with one attached hydrogen (secondary N) is 1. The van der Waals surface area contributed by atoms with E-state index < -0.39 is 15.6 Å². The van der Waals surface area contributed by atoms with Gasteiger partial charge in [-0.1, -0.05) is 0 Å². The number of aliphatic hydroxyl groups is 1. The molecular weight excluding hydrogens is 268 g/mol. The normalized spacial score (nSPS) is 12.4. The van der Waals surface area contributed by atoms with Crippen LogP contribution in [0.3, 0.4) is 0 Å². The van der Waals surface area contributed by atoms with E-state index in [-0.39, 0.29) is 19.0 Å². The van der Waals surface area contributed by atoms with Crippen molar-refractivity contribution < 1.29 is 18.3 Å². The summed E-state index contributed by atoms with van der Waals surface area (Å²) in [6.45, 7) is 2.96. The third kappa shape index (κ3) is 5.91. The first-order valence-corrected chi connectivity index (χ1v) is 7.50. The van der Waals surface area contributed by atoms with E-state index in [0.717, 1.165) is 0 Å². The molecule has 0 amide bonds. The molecular formula is C12H20N2O4S. The summed E-state index contributed by atoms with van der Waals surface area (Å²) in [7, 11) is -3.49. The molecule has 0 aliphatic carbocycles. The SMILES string of the molecule is CC(C)(CO)NS(=O)(=O)CCOc1ccc(N)cc1. The van der Waals surface area contributed by atoms with Crippen LogP contribution < -0.4 is 15.2 Å². The van der Waals surface area contributed by atoms with E-state index in [1.165, 1.54) is 0 Å². The number of hydrogen-bond donors (Lipinski definition) is 3. The molecule has 0 aliphatic heterocycles. The first-order chi connectivity index (χ1) is 8.74. The molecule has 108 valence electrons. The smallest absolute Gasteiger partial charge is 0.215 e. The number of benzene rings is 1. The summed E-state index contributed by atoms with van der Waals surface area (Å²) in [6.07, 6.45) is 0. The minimum atomic E-state index is -3.49. The van der Waals surface area contributed by atoms with Crippen LogP contribution in [0.4, 0.5) is 5.69 Å². The molecule has 0 bridgehead atoms. The summed E-state index contributed by atoms with van der Waals surface area (Å²) in [6, 6.07) is 6.70. The van der Waals surface area contributed by atoms with Crippen LogP contribution in [0, 0.1) is 0 Å². The molecule has 0 unspecified atom stereocenters. The number of anilines is 1. The van der Waals surface area contributed by atoms with Crippen molar-refractivity contribution in [2.75, 3.05) is 24.7 Å². The molecule has 0 radical (unpaired) electrons. The van der Waals surface area contributed by atoms with Crippen molar-refractivity contribution >= 4 is 15.7 Å². The molecule has 1 rings (SSSR count). The van der Waals surface area contributed by atoms with Gasteiger partial charge in [-0.05, 0) is 38.1 Å². The zero-order chi connectivity index (χ0) is 14.5. The maximum absolute atomic E-state index is 11.7. The van der Waals surface area contributed by atoms with Gasteiger partial charge in [-0.3, -0.25) is 0 Å². The molecule has 0 atom stereocenters. The third-order valence-corrected chi connectivity index (χ3v) is 3.90. The molecule has 0 saturated carbocycles. The van der Waals surface area contributed by atoms with Crippen LogP contribution in [0.2, 0.25) is 0 Å². The highest BCUT2D eigenvalue weighted by molar-refractivity contribution is 7.89. The fourth-order valence-electron chi connectivity index (χ4n) is 1.34. The molecule has 0 heterocycles. The highest BCUT2D eigenvalue weighted by Crippen LogP contribution is 2.13. The van der Waals surface area contributed by atoms with Gasteiger partial charge in [-0.25, -0.2) is 13.1 Å². The molecule has 6 nitrogen and oxygen atoms in total. The fourth-order valence-corrected chi connectivity index (χ4v) is 2.65. The van der Waals surface area contributed by atoms with Gasteiger partial charge in [0.25, 0.3) is 0 Å². The largest absolute Gasteiger partial charge is 0.492 e. The second kappa shape index (κ2) is 6.23. The van der Waals surface area contributed by atoms with Gasteiger partial charge in [0.2, 0.25) is 10.0 Å². The van der Waals surface area contributed by atoms with Gasteiger partial charge in [-0.2, -0.15) is 0 Å². The molecule has 7 heteroatoms. The first kappa shape index (κ1) is 15.7. The Morgan fingerprint density at radius 2 is 1.89 bits per heavy atom. The predicted octanol–water partition coefficient (Wildman–Crippen LogP) is 0.338. The lowest BCUT2D eigenvalue weighted by molar-refractivity contribution is 0.208. The summed E-state index contributed by atoms with van der Waals surface area (Å²) >= 11 is 0. The van der Waals surface area contributed by atoms with Gasteiger partial charge in [0, 0.05) is 5.69 Å². The maximum Gasteiger partial charge on any atom is 0.215 e. The molecule has 1 aromatic rings. The highest BCUT2D eigenvalue weighted by Gasteiger charge is 2.23. The number of ether oxygens (including phenoxy) is 1. The summed E-state index contributed by atoms with van der Waals surface area (Å²) in [5.41, 5.74) is 5.27. The fraction of sp³-hybridized carbons (Fsp3) is 0.500. The van der Waals surface area contributed by atoms with E-state index in [4.69, 9.17) is 15.6 Å². The second-order valence-electron chi connectivity index (χ2n) is 4.88. The summed E-state index contributed by atoms with van der Waals surface area (Å²) in [4.78, 5) is 0. The minimum Gasteiger partial charge on any atom is -0.492 e. The summed E-state index contributed by atoms with van der Waals surface area (Å²) < 4.78 is 31.2. The van der Waals surface area contributed by atoms with Gasteiger partial charge < -0.3 is 15.6 Å².